The molecule has 0 aliphatic carbocycles. The summed E-state index contributed by atoms with van der Waals surface area (Å²) >= 11 is 0. The van der Waals surface area contributed by atoms with Crippen LogP contribution in [0.15, 0.2) is 36.4 Å². The molecule has 15 heavy (non-hydrogen) atoms. The molecule has 1 saturated heterocycles. The number of β-amino-alcohol motifs (C(OH)–C–C–N with tert-alkyl or cyclic N) is 1. The van der Waals surface area contributed by atoms with Gasteiger partial charge in [0, 0.05) is 19.6 Å². The van der Waals surface area contributed by atoms with Gasteiger partial charge >= 0.3 is 0 Å². The third-order valence-electron chi connectivity index (χ3n) is 2.72. The summed E-state index contributed by atoms with van der Waals surface area (Å²) in [5.41, 5.74) is 1.23. The van der Waals surface area contributed by atoms with Crippen LogP contribution in [0.25, 0.3) is 6.08 Å². The Labute approximate surface area is 90.8 Å². The highest BCUT2D eigenvalue weighted by Crippen LogP contribution is 2.08. The van der Waals surface area contributed by atoms with Gasteiger partial charge in [-0.2, -0.15) is 0 Å². The predicted octanol–water partition coefficient (Wildman–Crippen LogP) is 1.77. The summed E-state index contributed by atoms with van der Waals surface area (Å²) < 4.78 is 0. The molecule has 0 amide bonds. The van der Waals surface area contributed by atoms with Crippen molar-refractivity contribution in [3.63, 3.8) is 0 Å². The van der Waals surface area contributed by atoms with E-state index >= 15 is 0 Å². The molecule has 1 aliphatic heterocycles. The number of nitrogens with zero attached hydrogens (tertiary/aromatic N) is 1. The lowest BCUT2D eigenvalue weighted by Crippen LogP contribution is -2.21. The number of hydrogen-bond donors (Lipinski definition) is 1. The van der Waals surface area contributed by atoms with E-state index < -0.39 is 0 Å². The van der Waals surface area contributed by atoms with Crippen LogP contribution in [0.4, 0.5) is 0 Å². The monoisotopic (exact) mass is 203 g/mol. The van der Waals surface area contributed by atoms with Gasteiger partial charge in [-0.15, -0.1) is 0 Å². The molecular formula is C13H17NO. The van der Waals surface area contributed by atoms with Crippen LogP contribution in [-0.2, 0) is 0 Å². The fourth-order valence-corrected chi connectivity index (χ4v) is 1.88. The molecular weight excluding hydrogens is 186 g/mol. The van der Waals surface area contributed by atoms with Gasteiger partial charge in [-0.1, -0.05) is 42.5 Å². The zero-order valence-electron chi connectivity index (χ0n) is 8.84. The molecule has 80 valence electrons. The molecule has 1 N–H and O–H groups in total. The van der Waals surface area contributed by atoms with Gasteiger partial charge in [0.1, 0.15) is 0 Å². The van der Waals surface area contributed by atoms with Gasteiger partial charge < -0.3 is 5.11 Å². The third-order valence-corrected chi connectivity index (χ3v) is 2.72. The number of aliphatic hydroxyl groups is 1. The Morgan fingerprint density at radius 1 is 1.33 bits per heavy atom. The van der Waals surface area contributed by atoms with Crippen LogP contribution < -0.4 is 0 Å². The zero-order valence-corrected chi connectivity index (χ0v) is 8.84. The summed E-state index contributed by atoms with van der Waals surface area (Å²) in [5.74, 6) is 0. The second kappa shape index (κ2) is 5.10. The maximum absolute atomic E-state index is 9.35. The molecule has 1 aliphatic rings. The molecule has 0 spiro atoms. The number of aliphatic hydroxyl groups excluding tert-OH is 1. The SMILES string of the molecule is O[C@@H]1CCN(CC=Cc2ccccc2)C1. The number of benzene rings is 1. The molecule has 1 fully saturated rings. The Morgan fingerprint density at radius 3 is 2.80 bits per heavy atom. The van der Waals surface area contributed by atoms with Crippen molar-refractivity contribution in [3.05, 3.63) is 42.0 Å². The zero-order chi connectivity index (χ0) is 10.5. The van der Waals surface area contributed by atoms with Crippen LogP contribution in [0.5, 0.6) is 0 Å². The van der Waals surface area contributed by atoms with Crippen molar-refractivity contribution in [2.45, 2.75) is 12.5 Å². The van der Waals surface area contributed by atoms with Crippen LogP contribution in [0.2, 0.25) is 0 Å². The second-order valence-corrected chi connectivity index (χ2v) is 4.02. The minimum Gasteiger partial charge on any atom is -0.392 e. The maximum atomic E-state index is 9.35. The molecule has 1 atom stereocenters. The first kappa shape index (κ1) is 10.4. The minimum absolute atomic E-state index is 0.116. The maximum Gasteiger partial charge on any atom is 0.0679 e. The van der Waals surface area contributed by atoms with E-state index in [2.05, 4.69) is 29.2 Å². The van der Waals surface area contributed by atoms with Gasteiger partial charge in [0.05, 0.1) is 6.10 Å². The number of hydrogen-bond acceptors (Lipinski definition) is 2. The lowest BCUT2D eigenvalue weighted by atomic mass is 10.2. The van der Waals surface area contributed by atoms with E-state index in [1.807, 2.05) is 18.2 Å². The molecule has 1 aromatic rings. The van der Waals surface area contributed by atoms with Gasteiger partial charge in [0.25, 0.3) is 0 Å². The minimum atomic E-state index is -0.116. The van der Waals surface area contributed by atoms with Gasteiger partial charge in [0.2, 0.25) is 0 Å². The highest BCUT2D eigenvalue weighted by Gasteiger charge is 2.18. The lowest BCUT2D eigenvalue weighted by molar-refractivity contribution is 0.179. The van der Waals surface area contributed by atoms with Crippen molar-refractivity contribution in [2.24, 2.45) is 0 Å². The van der Waals surface area contributed by atoms with Crippen LogP contribution in [0, 0.1) is 0 Å². The average Bonchev–Trinajstić information content (AvgIpc) is 2.66. The van der Waals surface area contributed by atoms with Crippen molar-refractivity contribution >= 4 is 6.08 Å². The molecule has 0 unspecified atom stereocenters. The highest BCUT2D eigenvalue weighted by molar-refractivity contribution is 5.48. The normalized spacial score (nSPS) is 22.6. The van der Waals surface area contributed by atoms with E-state index in [4.69, 9.17) is 0 Å². The van der Waals surface area contributed by atoms with E-state index in [9.17, 15) is 5.11 Å². The molecule has 2 heteroatoms. The second-order valence-electron chi connectivity index (χ2n) is 4.02. The van der Waals surface area contributed by atoms with Crippen molar-refractivity contribution in [3.8, 4) is 0 Å². The average molecular weight is 203 g/mol. The van der Waals surface area contributed by atoms with Crippen molar-refractivity contribution in [1.29, 1.82) is 0 Å². The Bertz CT molecular complexity index is 321. The number of rotatable bonds is 3. The third kappa shape index (κ3) is 3.18. The summed E-state index contributed by atoms with van der Waals surface area (Å²) in [6, 6.07) is 10.3. The van der Waals surface area contributed by atoms with Crippen LogP contribution in [0.1, 0.15) is 12.0 Å². The van der Waals surface area contributed by atoms with Gasteiger partial charge in [-0.3, -0.25) is 4.90 Å². The smallest absolute Gasteiger partial charge is 0.0679 e. The Balaban J connectivity index is 1.81. The molecule has 2 nitrogen and oxygen atoms in total. The first-order valence-electron chi connectivity index (χ1n) is 5.46. The lowest BCUT2D eigenvalue weighted by Gasteiger charge is -2.10. The van der Waals surface area contributed by atoms with E-state index in [1.165, 1.54) is 5.56 Å². The van der Waals surface area contributed by atoms with Crippen molar-refractivity contribution in [1.82, 2.24) is 4.90 Å². The largest absolute Gasteiger partial charge is 0.392 e. The summed E-state index contributed by atoms with van der Waals surface area (Å²) in [6.45, 7) is 2.77. The predicted molar refractivity (Wildman–Crippen MR) is 62.5 cm³/mol. The molecule has 2 rings (SSSR count). The Hall–Kier alpha value is -1.12. The highest BCUT2D eigenvalue weighted by atomic mass is 16.3. The van der Waals surface area contributed by atoms with Crippen LogP contribution in [0.3, 0.4) is 0 Å². The first-order chi connectivity index (χ1) is 7.34. The molecule has 1 heterocycles. The first-order valence-corrected chi connectivity index (χ1v) is 5.46. The summed E-state index contributed by atoms with van der Waals surface area (Å²) in [5, 5.41) is 9.35. The summed E-state index contributed by atoms with van der Waals surface area (Å²) in [6.07, 6.45) is 5.09. The standard InChI is InChI=1S/C13H17NO/c15-13-8-10-14(11-13)9-4-7-12-5-2-1-3-6-12/h1-7,13,15H,8-11H2/t13-/m1/s1. The quantitative estimate of drug-likeness (QED) is 0.809. The van der Waals surface area contributed by atoms with E-state index in [0.29, 0.717) is 0 Å². The molecule has 1 aromatic carbocycles. The van der Waals surface area contributed by atoms with Gasteiger partial charge in [0.15, 0.2) is 0 Å². The van der Waals surface area contributed by atoms with Gasteiger partial charge in [-0.05, 0) is 12.0 Å². The molecule has 0 radical (unpaired) electrons. The van der Waals surface area contributed by atoms with Gasteiger partial charge in [-0.25, -0.2) is 0 Å². The molecule has 0 bridgehead atoms. The Morgan fingerprint density at radius 2 is 2.13 bits per heavy atom. The van der Waals surface area contributed by atoms with E-state index in [1.54, 1.807) is 0 Å². The fraction of sp³-hybridized carbons (Fsp3) is 0.385. The van der Waals surface area contributed by atoms with E-state index in [-0.39, 0.29) is 6.10 Å². The van der Waals surface area contributed by atoms with E-state index in [0.717, 1.165) is 26.1 Å². The van der Waals surface area contributed by atoms with Crippen LogP contribution in [-0.4, -0.2) is 35.7 Å². The van der Waals surface area contributed by atoms with Crippen LogP contribution >= 0.6 is 0 Å². The van der Waals surface area contributed by atoms with Crippen molar-refractivity contribution in [2.75, 3.05) is 19.6 Å². The summed E-state index contributed by atoms with van der Waals surface area (Å²) in [7, 11) is 0. The topological polar surface area (TPSA) is 23.5 Å². The fourth-order valence-electron chi connectivity index (χ4n) is 1.88. The van der Waals surface area contributed by atoms with Crippen molar-refractivity contribution < 1.29 is 5.11 Å². The number of likely N-dealkylation sites (tertiary alicyclic amines) is 1. The molecule has 0 saturated carbocycles. The molecule has 0 aromatic heterocycles. The summed E-state index contributed by atoms with van der Waals surface area (Å²) in [4.78, 5) is 2.27. The Kier molecular flexibility index (Phi) is 3.54.